The maximum absolute atomic E-state index is 5.75. The summed E-state index contributed by atoms with van der Waals surface area (Å²) in [7, 11) is 2.10. The second-order valence-electron chi connectivity index (χ2n) is 3.19. The van der Waals surface area contributed by atoms with Gasteiger partial charge in [0.15, 0.2) is 0 Å². The van der Waals surface area contributed by atoms with Crippen LogP contribution in [0.3, 0.4) is 0 Å². The summed E-state index contributed by atoms with van der Waals surface area (Å²) in [6, 6.07) is 3.74. The molecule has 1 aromatic heterocycles. The molecule has 1 rings (SSSR count). The van der Waals surface area contributed by atoms with E-state index in [1.807, 2.05) is 12.1 Å². The van der Waals surface area contributed by atoms with Crippen molar-refractivity contribution < 1.29 is 0 Å². The van der Waals surface area contributed by atoms with E-state index < -0.39 is 0 Å². The Morgan fingerprint density at radius 1 is 1.57 bits per heavy atom. The van der Waals surface area contributed by atoms with Gasteiger partial charge in [-0.2, -0.15) is 0 Å². The Morgan fingerprint density at radius 3 is 3.00 bits per heavy atom. The topological polar surface area (TPSA) is 28.2 Å². The number of hydrogen-bond acceptors (Lipinski definition) is 3. The summed E-state index contributed by atoms with van der Waals surface area (Å²) < 4.78 is 0. The zero-order valence-electron chi connectivity index (χ0n) is 8.63. The van der Waals surface area contributed by atoms with Gasteiger partial charge in [-0.15, -0.1) is 0 Å². The minimum absolute atomic E-state index is 0.527. The fraction of sp³-hybridized carbons (Fsp3) is 0.500. The quantitative estimate of drug-likeness (QED) is 0.760. The van der Waals surface area contributed by atoms with Crippen LogP contribution in [0, 0.1) is 0 Å². The molecule has 0 amide bonds. The van der Waals surface area contributed by atoms with E-state index in [-0.39, 0.29) is 0 Å². The summed E-state index contributed by atoms with van der Waals surface area (Å²) >= 11 is 5.75. The first-order valence-corrected chi connectivity index (χ1v) is 5.14. The van der Waals surface area contributed by atoms with Crippen LogP contribution in [0.1, 0.15) is 6.92 Å². The number of likely N-dealkylation sites (N-methyl/N-ethyl adjacent to an activating group) is 1. The average Bonchev–Trinajstić information content (AvgIpc) is 2.17. The molecule has 78 valence electrons. The Morgan fingerprint density at radius 2 is 2.36 bits per heavy atom. The van der Waals surface area contributed by atoms with Crippen LogP contribution >= 0.6 is 11.6 Å². The number of rotatable bonds is 5. The van der Waals surface area contributed by atoms with E-state index in [4.69, 9.17) is 11.6 Å². The second kappa shape index (κ2) is 5.83. The molecule has 0 aromatic carbocycles. The molecule has 3 nitrogen and oxygen atoms in total. The third kappa shape index (κ3) is 3.94. The van der Waals surface area contributed by atoms with E-state index in [1.165, 1.54) is 0 Å². The fourth-order valence-corrected chi connectivity index (χ4v) is 1.24. The van der Waals surface area contributed by atoms with Gasteiger partial charge in [-0.1, -0.05) is 18.5 Å². The number of nitrogens with one attached hydrogen (secondary N) is 1. The Labute approximate surface area is 90.1 Å². The lowest BCUT2D eigenvalue weighted by Crippen LogP contribution is -2.24. The van der Waals surface area contributed by atoms with Crippen LogP contribution < -0.4 is 5.32 Å². The van der Waals surface area contributed by atoms with Gasteiger partial charge in [-0.05, 0) is 25.7 Å². The van der Waals surface area contributed by atoms with E-state index in [9.17, 15) is 0 Å². The van der Waals surface area contributed by atoms with E-state index in [0.29, 0.717) is 5.15 Å². The Bertz CT molecular complexity index is 278. The highest BCUT2D eigenvalue weighted by atomic mass is 35.5. The van der Waals surface area contributed by atoms with Crippen molar-refractivity contribution in [2.45, 2.75) is 6.92 Å². The molecule has 0 saturated carbocycles. The van der Waals surface area contributed by atoms with Gasteiger partial charge in [0, 0.05) is 25.0 Å². The van der Waals surface area contributed by atoms with Crippen molar-refractivity contribution in [2.24, 2.45) is 0 Å². The average molecular weight is 214 g/mol. The fourth-order valence-electron chi connectivity index (χ4n) is 1.06. The first-order valence-electron chi connectivity index (χ1n) is 4.76. The maximum atomic E-state index is 5.75. The molecule has 1 heterocycles. The van der Waals surface area contributed by atoms with E-state index >= 15 is 0 Å². The summed E-state index contributed by atoms with van der Waals surface area (Å²) in [5.41, 5.74) is 1.02. The van der Waals surface area contributed by atoms with Crippen molar-refractivity contribution in [1.29, 1.82) is 0 Å². The third-order valence-electron chi connectivity index (χ3n) is 2.09. The second-order valence-corrected chi connectivity index (χ2v) is 3.58. The molecule has 1 aromatic rings. The number of aromatic nitrogens is 1. The Kier molecular flexibility index (Phi) is 4.70. The van der Waals surface area contributed by atoms with Gasteiger partial charge < -0.3 is 10.2 Å². The highest BCUT2D eigenvalue weighted by Crippen LogP contribution is 2.11. The third-order valence-corrected chi connectivity index (χ3v) is 2.30. The number of nitrogens with zero attached hydrogens (tertiary/aromatic N) is 2. The molecule has 0 aliphatic carbocycles. The Hall–Kier alpha value is -0.800. The van der Waals surface area contributed by atoms with Gasteiger partial charge in [0.1, 0.15) is 5.15 Å². The van der Waals surface area contributed by atoms with Crippen molar-refractivity contribution in [3.63, 3.8) is 0 Å². The molecule has 0 spiro atoms. The number of halogens is 1. The molecule has 0 aliphatic rings. The van der Waals surface area contributed by atoms with Gasteiger partial charge in [0.25, 0.3) is 0 Å². The van der Waals surface area contributed by atoms with Gasteiger partial charge >= 0.3 is 0 Å². The summed E-state index contributed by atoms with van der Waals surface area (Å²) in [5.74, 6) is 0. The first kappa shape index (κ1) is 11.3. The molecule has 4 heteroatoms. The molecule has 0 radical (unpaired) electrons. The van der Waals surface area contributed by atoms with E-state index in [1.54, 1.807) is 6.20 Å². The molecular formula is C10H16ClN3. The molecule has 0 aliphatic heterocycles. The van der Waals surface area contributed by atoms with Gasteiger partial charge in [-0.25, -0.2) is 4.98 Å². The molecule has 0 unspecified atom stereocenters. The van der Waals surface area contributed by atoms with Crippen LogP contribution in [0.4, 0.5) is 5.69 Å². The predicted octanol–water partition coefficient (Wildman–Crippen LogP) is 2.10. The number of pyridine rings is 1. The molecule has 0 saturated heterocycles. The number of anilines is 1. The predicted molar refractivity (Wildman–Crippen MR) is 60.9 cm³/mol. The lowest BCUT2D eigenvalue weighted by molar-refractivity contribution is 0.367. The van der Waals surface area contributed by atoms with Crippen molar-refractivity contribution in [3.05, 3.63) is 23.5 Å². The summed E-state index contributed by atoms with van der Waals surface area (Å²) in [6.07, 6.45) is 1.70. The normalized spacial score (nSPS) is 10.6. The van der Waals surface area contributed by atoms with Gasteiger partial charge in [0.2, 0.25) is 0 Å². The van der Waals surface area contributed by atoms with Crippen LogP contribution in [0.15, 0.2) is 18.3 Å². The summed E-state index contributed by atoms with van der Waals surface area (Å²) in [4.78, 5) is 6.16. The highest BCUT2D eigenvalue weighted by molar-refractivity contribution is 6.29. The van der Waals surface area contributed by atoms with Crippen molar-refractivity contribution in [1.82, 2.24) is 9.88 Å². The van der Waals surface area contributed by atoms with Crippen LogP contribution in [-0.2, 0) is 0 Å². The molecular weight excluding hydrogens is 198 g/mol. The smallest absolute Gasteiger partial charge is 0.131 e. The maximum Gasteiger partial charge on any atom is 0.131 e. The zero-order valence-corrected chi connectivity index (χ0v) is 9.38. The van der Waals surface area contributed by atoms with Crippen molar-refractivity contribution >= 4 is 17.3 Å². The van der Waals surface area contributed by atoms with Crippen molar-refractivity contribution in [2.75, 3.05) is 32.0 Å². The lowest BCUT2D eigenvalue weighted by atomic mass is 10.4. The lowest BCUT2D eigenvalue weighted by Gasteiger charge is -2.14. The van der Waals surface area contributed by atoms with Crippen LogP contribution in [-0.4, -0.2) is 36.6 Å². The standard InChI is InChI=1S/C10H16ClN3/c1-3-14(2)7-6-12-9-4-5-13-10(11)8-9/h4-5,8H,3,6-7H2,1-2H3,(H,12,13). The Balaban J connectivity index is 2.31. The first-order chi connectivity index (χ1) is 6.72. The minimum Gasteiger partial charge on any atom is -0.384 e. The van der Waals surface area contributed by atoms with Crippen LogP contribution in [0.2, 0.25) is 5.15 Å². The largest absolute Gasteiger partial charge is 0.384 e. The summed E-state index contributed by atoms with van der Waals surface area (Å²) in [6.45, 7) is 5.16. The summed E-state index contributed by atoms with van der Waals surface area (Å²) in [5, 5.41) is 3.81. The monoisotopic (exact) mass is 213 g/mol. The van der Waals surface area contributed by atoms with Crippen LogP contribution in [0.25, 0.3) is 0 Å². The highest BCUT2D eigenvalue weighted by Gasteiger charge is 1.95. The molecule has 14 heavy (non-hydrogen) atoms. The zero-order chi connectivity index (χ0) is 10.4. The van der Waals surface area contributed by atoms with Crippen LogP contribution in [0.5, 0.6) is 0 Å². The minimum atomic E-state index is 0.527. The SMILES string of the molecule is CCN(C)CCNc1ccnc(Cl)c1. The number of hydrogen-bond donors (Lipinski definition) is 1. The molecule has 1 N–H and O–H groups in total. The molecule has 0 atom stereocenters. The molecule has 0 bridgehead atoms. The van der Waals surface area contributed by atoms with E-state index in [2.05, 4.69) is 29.2 Å². The van der Waals surface area contributed by atoms with Crippen molar-refractivity contribution in [3.8, 4) is 0 Å². The molecule has 0 fully saturated rings. The van der Waals surface area contributed by atoms with Gasteiger partial charge in [0.05, 0.1) is 0 Å². The van der Waals surface area contributed by atoms with Gasteiger partial charge in [-0.3, -0.25) is 0 Å². The van der Waals surface area contributed by atoms with E-state index in [0.717, 1.165) is 25.3 Å².